The van der Waals surface area contributed by atoms with Crippen LogP contribution >= 0.6 is 0 Å². The van der Waals surface area contributed by atoms with Gasteiger partial charge in [-0.15, -0.1) is 0 Å². The predicted octanol–water partition coefficient (Wildman–Crippen LogP) is 4.30. The van der Waals surface area contributed by atoms with Gasteiger partial charge < -0.3 is 24.7 Å². The molecule has 5 nitrogen and oxygen atoms in total. The number of methoxy groups -OCH3 is 1. The van der Waals surface area contributed by atoms with Crippen LogP contribution in [0.15, 0.2) is 30.3 Å². The van der Waals surface area contributed by atoms with Gasteiger partial charge in [0.05, 0.1) is 0 Å². The van der Waals surface area contributed by atoms with E-state index in [-0.39, 0.29) is 6.79 Å². The van der Waals surface area contributed by atoms with Crippen LogP contribution < -0.4 is 19.9 Å². The first-order chi connectivity index (χ1) is 13.4. The van der Waals surface area contributed by atoms with Crippen LogP contribution in [0.25, 0.3) is 6.08 Å². The van der Waals surface area contributed by atoms with E-state index in [1.54, 1.807) is 7.11 Å². The van der Waals surface area contributed by atoms with Crippen LogP contribution in [0.3, 0.4) is 0 Å². The van der Waals surface area contributed by atoms with E-state index in [0.29, 0.717) is 13.2 Å². The van der Waals surface area contributed by atoms with Gasteiger partial charge in [-0.2, -0.15) is 0 Å². The summed E-state index contributed by atoms with van der Waals surface area (Å²) in [5, 5.41) is 0. The van der Waals surface area contributed by atoms with Crippen molar-refractivity contribution >= 4 is 6.08 Å². The lowest BCUT2D eigenvalue weighted by Crippen LogP contribution is -2.39. The van der Waals surface area contributed by atoms with Crippen LogP contribution in [0, 0.1) is 20.8 Å². The van der Waals surface area contributed by atoms with Gasteiger partial charge in [-0.05, 0) is 62.6 Å². The Bertz CT molecular complexity index is 873. The van der Waals surface area contributed by atoms with Crippen LogP contribution in [0.2, 0.25) is 0 Å². The molecule has 0 saturated carbocycles. The molecule has 0 spiro atoms. The second-order valence-electron chi connectivity index (χ2n) is 7.38. The highest BCUT2D eigenvalue weighted by atomic mass is 16.7. The number of nitrogens with two attached hydrogens (primary N) is 1. The van der Waals surface area contributed by atoms with Crippen LogP contribution in [0.5, 0.6) is 17.2 Å². The molecular weight excluding hydrogens is 354 g/mol. The molecular formula is C23H29NO4. The lowest BCUT2D eigenvalue weighted by molar-refractivity contribution is 0.0494. The standard InChI is InChI=1S/C23H29NO4/c1-15-16(2)22-20(17(3)21(15)27-14-25-5)10-11-23(4,28-22)13-26-19-8-6-18(12-24)7-9-19/h6-11H,12-14,24H2,1-5H3. The fourth-order valence-corrected chi connectivity index (χ4v) is 3.34. The predicted molar refractivity (Wildman–Crippen MR) is 111 cm³/mol. The number of rotatable bonds is 7. The highest BCUT2D eigenvalue weighted by molar-refractivity contribution is 5.71. The molecule has 0 saturated heterocycles. The third kappa shape index (κ3) is 4.01. The SMILES string of the molecule is COCOc1c(C)c(C)c2c(c1C)C=CC(C)(COc1ccc(CN)cc1)O2. The van der Waals surface area contributed by atoms with Crippen molar-refractivity contribution in [2.45, 2.75) is 39.8 Å². The lowest BCUT2D eigenvalue weighted by atomic mass is 9.92. The molecule has 0 radical (unpaired) electrons. The van der Waals surface area contributed by atoms with Gasteiger partial charge in [-0.25, -0.2) is 0 Å². The van der Waals surface area contributed by atoms with Crippen molar-refractivity contribution in [1.29, 1.82) is 0 Å². The summed E-state index contributed by atoms with van der Waals surface area (Å²) in [4.78, 5) is 0. The Morgan fingerprint density at radius 2 is 1.71 bits per heavy atom. The third-order valence-corrected chi connectivity index (χ3v) is 5.18. The molecule has 28 heavy (non-hydrogen) atoms. The summed E-state index contributed by atoms with van der Waals surface area (Å²) in [6.45, 7) is 9.32. The quantitative estimate of drug-likeness (QED) is 0.723. The Labute approximate surface area is 167 Å². The first-order valence-corrected chi connectivity index (χ1v) is 9.44. The minimum atomic E-state index is -0.557. The number of ether oxygens (including phenoxy) is 4. The fraction of sp³-hybridized carbons (Fsp3) is 0.391. The summed E-state index contributed by atoms with van der Waals surface area (Å²) < 4.78 is 23.3. The van der Waals surface area contributed by atoms with E-state index in [9.17, 15) is 0 Å². The normalized spacial score (nSPS) is 17.8. The molecule has 3 rings (SSSR count). The summed E-state index contributed by atoms with van der Waals surface area (Å²) in [6, 6.07) is 7.82. The molecule has 1 atom stereocenters. The Morgan fingerprint density at radius 3 is 2.36 bits per heavy atom. The maximum Gasteiger partial charge on any atom is 0.188 e. The van der Waals surface area contributed by atoms with E-state index >= 15 is 0 Å². The average Bonchev–Trinajstić information content (AvgIpc) is 2.71. The molecule has 2 aromatic carbocycles. The minimum Gasteiger partial charge on any atom is -0.489 e. The molecule has 2 aromatic rings. The second-order valence-corrected chi connectivity index (χ2v) is 7.38. The first kappa shape index (κ1) is 20.2. The molecule has 1 aliphatic rings. The zero-order valence-corrected chi connectivity index (χ0v) is 17.3. The van der Waals surface area contributed by atoms with E-state index in [1.165, 1.54) is 0 Å². The molecule has 0 amide bonds. The largest absolute Gasteiger partial charge is 0.489 e. The van der Waals surface area contributed by atoms with Crippen molar-refractivity contribution in [3.63, 3.8) is 0 Å². The highest BCUT2D eigenvalue weighted by Crippen LogP contribution is 2.42. The number of benzene rings is 2. The smallest absolute Gasteiger partial charge is 0.188 e. The molecule has 1 aliphatic heterocycles. The number of fused-ring (bicyclic) bond motifs is 1. The van der Waals surface area contributed by atoms with Crippen molar-refractivity contribution in [3.8, 4) is 17.2 Å². The Hall–Kier alpha value is -2.50. The van der Waals surface area contributed by atoms with Gasteiger partial charge in [0.2, 0.25) is 0 Å². The average molecular weight is 383 g/mol. The molecule has 2 N–H and O–H groups in total. The molecule has 5 heteroatoms. The van der Waals surface area contributed by atoms with Crippen molar-refractivity contribution < 1.29 is 18.9 Å². The Balaban J connectivity index is 1.81. The summed E-state index contributed by atoms with van der Waals surface area (Å²) in [7, 11) is 1.62. The molecule has 1 heterocycles. The molecule has 0 fully saturated rings. The van der Waals surface area contributed by atoms with Gasteiger partial charge in [-0.1, -0.05) is 18.2 Å². The lowest BCUT2D eigenvalue weighted by Gasteiger charge is -2.34. The minimum absolute atomic E-state index is 0.221. The van der Waals surface area contributed by atoms with Crippen molar-refractivity contribution in [3.05, 3.63) is 58.2 Å². The number of hydrogen-bond acceptors (Lipinski definition) is 5. The van der Waals surface area contributed by atoms with Gasteiger partial charge >= 0.3 is 0 Å². The molecule has 0 bridgehead atoms. The summed E-state index contributed by atoms with van der Waals surface area (Å²) in [5.41, 5.74) is 10.4. The van der Waals surface area contributed by atoms with Gasteiger partial charge in [0.1, 0.15) is 23.9 Å². The zero-order chi connectivity index (χ0) is 20.3. The van der Waals surface area contributed by atoms with Gasteiger partial charge in [-0.3, -0.25) is 0 Å². The fourth-order valence-electron chi connectivity index (χ4n) is 3.34. The van der Waals surface area contributed by atoms with E-state index in [0.717, 1.165) is 45.1 Å². The van der Waals surface area contributed by atoms with E-state index in [2.05, 4.69) is 13.0 Å². The third-order valence-electron chi connectivity index (χ3n) is 5.18. The maximum absolute atomic E-state index is 6.42. The summed E-state index contributed by atoms with van der Waals surface area (Å²) in [5.74, 6) is 2.53. The topological polar surface area (TPSA) is 62.9 Å². The van der Waals surface area contributed by atoms with Gasteiger partial charge in [0.15, 0.2) is 12.4 Å². The van der Waals surface area contributed by atoms with Crippen LogP contribution in [-0.2, 0) is 11.3 Å². The van der Waals surface area contributed by atoms with Crippen molar-refractivity contribution in [2.24, 2.45) is 5.73 Å². The van der Waals surface area contributed by atoms with Crippen LogP contribution in [-0.4, -0.2) is 26.1 Å². The van der Waals surface area contributed by atoms with Crippen LogP contribution in [0.4, 0.5) is 0 Å². The summed E-state index contributed by atoms with van der Waals surface area (Å²) >= 11 is 0. The number of hydrogen-bond donors (Lipinski definition) is 1. The van der Waals surface area contributed by atoms with Crippen molar-refractivity contribution in [2.75, 3.05) is 20.5 Å². The van der Waals surface area contributed by atoms with Crippen molar-refractivity contribution in [1.82, 2.24) is 0 Å². The Kier molecular flexibility index (Phi) is 5.96. The van der Waals surface area contributed by atoms with E-state index in [4.69, 9.17) is 24.7 Å². The van der Waals surface area contributed by atoms with Gasteiger partial charge in [0.25, 0.3) is 0 Å². The molecule has 0 aromatic heterocycles. The molecule has 150 valence electrons. The zero-order valence-electron chi connectivity index (χ0n) is 17.3. The maximum atomic E-state index is 6.42. The highest BCUT2D eigenvalue weighted by Gasteiger charge is 2.32. The van der Waals surface area contributed by atoms with Gasteiger partial charge in [0, 0.05) is 24.8 Å². The monoisotopic (exact) mass is 383 g/mol. The van der Waals surface area contributed by atoms with E-state index in [1.807, 2.05) is 51.1 Å². The summed E-state index contributed by atoms with van der Waals surface area (Å²) in [6.07, 6.45) is 4.15. The van der Waals surface area contributed by atoms with Crippen LogP contribution in [0.1, 0.15) is 34.7 Å². The Morgan fingerprint density at radius 1 is 1.00 bits per heavy atom. The van der Waals surface area contributed by atoms with E-state index < -0.39 is 5.60 Å². The molecule has 1 unspecified atom stereocenters. The first-order valence-electron chi connectivity index (χ1n) is 9.44. The second kappa shape index (κ2) is 8.25. The molecule has 0 aliphatic carbocycles.